The van der Waals surface area contributed by atoms with E-state index in [0.717, 1.165) is 0 Å². The van der Waals surface area contributed by atoms with Crippen LogP contribution < -0.4 is 5.32 Å². The Morgan fingerprint density at radius 3 is 2.85 bits per heavy atom. The van der Waals surface area contributed by atoms with Gasteiger partial charge in [-0.25, -0.2) is 0 Å². The number of anilines is 1. The molecule has 2 N–H and O–H groups in total. The summed E-state index contributed by atoms with van der Waals surface area (Å²) in [6.45, 7) is 1.74. The quantitative estimate of drug-likeness (QED) is 0.641. The summed E-state index contributed by atoms with van der Waals surface area (Å²) in [6.07, 6.45) is 2.93. The Balaban J connectivity index is 2.43. The topological polar surface area (TPSA) is 105 Å². The number of carboxylic acid groups (broad SMARTS) is 1. The van der Waals surface area contributed by atoms with E-state index >= 15 is 0 Å². The summed E-state index contributed by atoms with van der Waals surface area (Å²) >= 11 is 0. The summed E-state index contributed by atoms with van der Waals surface area (Å²) in [5.41, 5.74) is 0.631. The highest BCUT2D eigenvalue weighted by Gasteiger charge is 2.16. The van der Waals surface area contributed by atoms with Gasteiger partial charge in [-0.3, -0.25) is 19.9 Å². The Morgan fingerprint density at radius 1 is 1.45 bits per heavy atom. The van der Waals surface area contributed by atoms with Crippen LogP contribution >= 0.6 is 0 Å². The van der Waals surface area contributed by atoms with Gasteiger partial charge in [0, 0.05) is 35.6 Å². The van der Waals surface area contributed by atoms with Crippen molar-refractivity contribution in [2.24, 2.45) is 0 Å². The second-order valence-electron chi connectivity index (χ2n) is 4.45. The van der Waals surface area contributed by atoms with E-state index in [4.69, 9.17) is 5.11 Å². The molecule has 1 aromatic carbocycles. The summed E-state index contributed by atoms with van der Waals surface area (Å²) in [6, 6.07) is 4.35. The molecule has 0 saturated heterocycles. The number of nitro benzene ring substituents is 1. The normalized spacial score (nSPS) is 12.1. The average Bonchev–Trinajstić information content (AvgIpc) is 2.37. The van der Waals surface area contributed by atoms with Crippen LogP contribution in [0.2, 0.25) is 0 Å². The summed E-state index contributed by atoms with van der Waals surface area (Å²) < 4.78 is 0. The van der Waals surface area contributed by atoms with Crippen molar-refractivity contribution in [3.63, 3.8) is 0 Å². The molecular weight excluding hydrogens is 262 g/mol. The highest BCUT2D eigenvalue weighted by molar-refractivity contribution is 5.99. The molecule has 0 aliphatic carbocycles. The molecule has 7 heteroatoms. The van der Waals surface area contributed by atoms with Crippen molar-refractivity contribution in [1.29, 1.82) is 0 Å². The minimum atomic E-state index is -0.905. The molecule has 1 unspecified atom stereocenters. The van der Waals surface area contributed by atoms with Crippen LogP contribution in [0.15, 0.2) is 30.6 Å². The lowest BCUT2D eigenvalue weighted by atomic mass is 10.1. The van der Waals surface area contributed by atoms with Crippen LogP contribution in [-0.2, 0) is 4.79 Å². The zero-order valence-electron chi connectivity index (χ0n) is 10.7. The fraction of sp³-hybridized carbons (Fsp3) is 0.231. The first-order valence-electron chi connectivity index (χ1n) is 5.98. The Kier molecular flexibility index (Phi) is 3.79. The molecule has 1 atom stereocenters. The monoisotopic (exact) mass is 275 g/mol. The van der Waals surface area contributed by atoms with Gasteiger partial charge in [0.2, 0.25) is 0 Å². The molecule has 1 aromatic heterocycles. The Morgan fingerprint density at radius 2 is 2.20 bits per heavy atom. The molecule has 0 bridgehead atoms. The Bertz CT molecular complexity index is 672. The predicted molar refractivity (Wildman–Crippen MR) is 73.7 cm³/mol. The van der Waals surface area contributed by atoms with E-state index < -0.39 is 10.9 Å². The highest BCUT2D eigenvalue weighted by Crippen LogP contribution is 2.31. The van der Waals surface area contributed by atoms with Crippen molar-refractivity contribution in [2.45, 2.75) is 19.4 Å². The molecule has 0 aliphatic rings. The number of aromatic nitrogens is 1. The average molecular weight is 275 g/mol. The molecule has 0 fully saturated rings. The molecule has 20 heavy (non-hydrogen) atoms. The summed E-state index contributed by atoms with van der Waals surface area (Å²) in [4.78, 5) is 25.1. The number of benzene rings is 1. The van der Waals surface area contributed by atoms with Gasteiger partial charge in [-0.1, -0.05) is 0 Å². The summed E-state index contributed by atoms with van der Waals surface area (Å²) in [5, 5.41) is 23.8. The first-order chi connectivity index (χ1) is 9.49. The third-order valence-electron chi connectivity index (χ3n) is 2.87. The van der Waals surface area contributed by atoms with Crippen LogP contribution in [0.3, 0.4) is 0 Å². The first-order valence-corrected chi connectivity index (χ1v) is 5.98. The van der Waals surface area contributed by atoms with Crippen molar-refractivity contribution in [2.75, 3.05) is 5.32 Å². The molecule has 1 heterocycles. The second-order valence-corrected chi connectivity index (χ2v) is 4.45. The van der Waals surface area contributed by atoms with E-state index in [2.05, 4.69) is 10.3 Å². The smallest absolute Gasteiger partial charge is 0.305 e. The fourth-order valence-corrected chi connectivity index (χ4v) is 2.04. The van der Waals surface area contributed by atoms with Gasteiger partial charge in [0.05, 0.1) is 16.7 Å². The van der Waals surface area contributed by atoms with Gasteiger partial charge < -0.3 is 10.4 Å². The standard InChI is InChI=1S/C13H13N3O4/c1-8(6-13(17)18)15-11-2-3-12(16(19)20)10-7-14-5-4-9(10)11/h2-5,7-8,15H,6H2,1H3,(H,17,18). The number of rotatable bonds is 5. The third kappa shape index (κ3) is 2.82. The number of nitrogens with zero attached hydrogens (tertiary/aromatic N) is 2. The number of nitrogens with one attached hydrogen (secondary N) is 1. The number of carboxylic acids is 1. The first kappa shape index (κ1) is 13.7. The maximum Gasteiger partial charge on any atom is 0.305 e. The molecule has 7 nitrogen and oxygen atoms in total. The van der Waals surface area contributed by atoms with E-state index in [1.807, 2.05) is 0 Å². The lowest BCUT2D eigenvalue weighted by molar-refractivity contribution is -0.383. The second kappa shape index (κ2) is 5.52. The number of hydrogen-bond acceptors (Lipinski definition) is 5. The van der Waals surface area contributed by atoms with E-state index in [1.54, 1.807) is 25.3 Å². The molecular formula is C13H13N3O4. The molecule has 0 aliphatic heterocycles. The van der Waals surface area contributed by atoms with Gasteiger partial charge >= 0.3 is 5.97 Å². The number of aliphatic carboxylic acids is 1. The fourth-order valence-electron chi connectivity index (χ4n) is 2.04. The molecule has 2 rings (SSSR count). The van der Waals surface area contributed by atoms with Crippen LogP contribution in [0, 0.1) is 10.1 Å². The maximum absolute atomic E-state index is 11.0. The van der Waals surface area contributed by atoms with Crippen molar-refractivity contribution in [1.82, 2.24) is 4.98 Å². The van der Waals surface area contributed by atoms with Gasteiger partial charge in [-0.05, 0) is 19.1 Å². The van der Waals surface area contributed by atoms with Crippen LogP contribution in [0.4, 0.5) is 11.4 Å². The number of nitro groups is 1. The van der Waals surface area contributed by atoms with Crippen molar-refractivity contribution in [3.8, 4) is 0 Å². The van der Waals surface area contributed by atoms with E-state index in [-0.39, 0.29) is 18.2 Å². The van der Waals surface area contributed by atoms with Gasteiger partial charge in [0.25, 0.3) is 5.69 Å². The van der Waals surface area contributed by atoms with Crippen LogP contribution in [-0.4, -0.2) is 27.0 Å². The van der Waals surface area contributed by atoms with Crippen molar-refractivity contribution in [3.05, 3.63) is 40.7 Å². The van der Waals surface area contributed by atoms with Gasteiger partial charge in [-0.2, -0.15) is 0 Å². The molecule has 2 aromatic rings. The number of non-ortho nitro benzene ring substituents is 1. The van der Waals surface area contributed by atoms with Gasteiger partial charge in [0.15, 0.2) is 0 Å². The lowest BCUT2D eigenvalue weighted by Gasteiger charge is -2.15. The van der Waals surface area contributed by atoms with Crippen LogP contribution in [0.25, 0.3) is 10.8 Å². The number of hydrogen-bond donors (Lipinski definition) is 2. The van der Waals surface area contributed by atoms with E-state index in [1.165, 1.54) is 12.3 Å². The predicted octanol–water partition coefficient (Wildman–Crippen LogP) is 2.42. The minimum Gasteiger partial charge on any atom is -0.481 e. The maximum atomic E-state index is 11.0. The van der Waals surface area contributed by atoms with Crippen LogP contribution in [0.5, 0.6) is 0 Å². The van der Waals surface area contributed by atoms with E-state index in [0.29, 0.717) is 16.5 Å². The lowest BCUT2D eigenvalue weighted by Crippen LogP contribution is -2.19. The summed E-state index contributed by atoms with van der Waals surface area (Å²) in [7, 11) is 0. The third-order valence-corrected chi connectivity index (χ3v) is 2.87. The largest absolute Gasteiger partial charge is 0.481 e. The molecule has 0 radical (unpaired) electrons. The number of fused-ring (bicyclic) bond motifs is 1. The van der Waals surface area contributed by atoms with Crippen molar-refractivity contribution >= 4 is 28.1 Å². The molecule has 0 spiro atoms. The Hall–Kier alpha value is -2.70. The molecule has 104 valence electrons. The SMILES string of the molecule is CC(CC(=O)O)Nc1ccc([N+](=O)[O-])c2cnccc12. The minimum absolute atomic E-state index is 0.0236. The van der Waals surface area contributed by atoms with Crippen LogP contribution in [0.1, 0.15) is 13.3 Å². The molecule has 0 saturated carbocycles. The summed E-state index contributed by atoms with van der Waals surface area (Å²) in [5.74, 6) is -0.905. The number of pyridine rings is 1. The van der Waals surface area contributed by atoms with Gasteiger partial charge in [-0.15, -0.1) is 0 Å². The zero-order chi connectivity index (χ0) is 14.7. The zero-order valence-corrected chi connectivity index (χ0v) is 10.7. The van der Waals surface area contributed by atoms with Gasteiger partial charge in [0.1, 0.15) is 0 Å². The molecule has 0 amide bonds. The number of carbonyl (C=O) groups is 1. The van der Waals surface area contributed by atoms with Crippen molar-refractivity contribution < 1.29 is 14.8 Å². The Labute approximate surface area is 114 Å². The van der Waals surface area contributed by atoms with E-state index in [9.17, 15) is 14.9 Å². The highest BCUT2D eigenvalue weighted by atomic mass is 16.6.